The summed E-state index contributed by atoms with van der Waals surface area (Å²) < 4.78 is 64.1. The average Bonchev–Trinajstić information content (AvgIpc) is 3.75. The van der Waals surface area contributed by atoms with Gasteiger partial charge in [-0.1, -0.05) is 40.2 Å². The summed E-state index contributed by atoms with van der Waals surface area (Å²) in [5, 5.41) is 0. The zero-order chi connectivity index (χ0) is 38.1. The first-order chi connectivity index (χ1) is 24.2. The van der Waals surface area contributed by atoms with E-state index in [2.05, 4.69) is 76.5 Å². The van der Waals surface area contributed by atoms with E-state index >= 15 is 0 Å². The zero-order valence-corrected chi connectivity index (χ0v) is 28.2. The number of aromatic nitrogens is 2. The monoisotopic (exact) mass is 692 g/mol. The van der Waals surface area contributed by atoms with E-state index < -0.39 is 14.1 Å². The predicted octanol–water partition coefficient (Wildman–Crippen LogP) is 6.74. The van der Waals surface area contributed by atoms with E-state index in [-0.39, 0.29) is 30.1 Å². The molecule has 8 nitrogen and oxygen atoms in total. The molecule has 4 N–H and O–H groups in total. The van der Waals surface area contributed by atoms with Gasteiger partial charge in [0.15, 0.2) is 0 Å². The number of ether oxygens (including phenoxy) is 2. The molecular formula is C36H44BBrN4O4. The van der Waals surface area contributed by atoms with Crippen molar-refractivity contribution < 1.29 is 27.0 Å². The highest BCUT2D eigenvalue weighted by molar-refractivity contribution is 9.10. The largest absolute Gasteiger partial charge is 0.496 e. The maximum absolute atomic E-state index is 7.13. The third kappa shape index (κ3) is 7.19. The number of benzene rings is 2. The Hall–Kier alpha value is -3.60. The van der Waals surface area contributed by atoms with Gasteiger partial charge in [0.25, 0.3) is 0 Å². The predicted molar refractivity (Wildman–Crippen MR) is 190 cm³/mol. The van der Waals surface area contributed by atoms with Gasteiger partial charge in [0.05, 0.1) is 33.5 Å². The second-order valence-electron chi connectivity index (χ2n) is 12.6. The van der Waals surface area contributed by atoms with E-state index in [0.29, 0.717) is 0 Å². The number of hydrogen-bond donors (Lipinski definition) is 2. The number of halogens is 1. The SMILES string of the molecule is CC1(C)OB(c2ccc3c(c2N)CCC3)OC1(C)C.[2H]C([2H])([2H])Oc1cc(-c2ccc3c(c2N)CCC3)ccn1.[2H]C([2H])([2H])Oc1cc(Br)ccn1. The Balaban J connectivity index is 0.000000157. The number of aryl methyl sites for hydroxylation is 2. The fourth-order valence-electron chi connectivity index (χ4n) is 5.91. The molecule has 0 atom stereocenters. The Labute approximate surface area is 289 Å². The summed E-state index contributed by atoms with van der Waals surface area (Å²) in [4.78, 5) is 7.64. The number of anilines is 2. The molecule has 0 amide bonds. The first-order valence-corrected chi connectivity index (χ1v) is 16.1. The number of pyridine rings is 2. The molecule has 0 saturated carbocycles. The van der Waals surface area contributed by atoms with Crippen LogP contribution in [0.3, 0.4) is 0 Å². The van der Waals surface area contributed by atoms with Crippen molar-refractivity contribution in [3.8, 4) is 22.9 Å². The molecule has 242 valence electrons. The third-order valence-corrected chi connectivity index (χ3v) is 9.64. The van der Waals surface area contributed by atoms with Gasteiger partial charge in [-0.25, -0.2) is 9.97 Å². The highest BCUT2D eigenvalue weighted by atomic mass is 79.9. The van der Waals surface area contributed by atoms with Gasteiger partial charge in [-0.15, -0.1) is 0 Å². The minimum Gasteiger partial charge on any atom is -0.481 e. The van der Waals surface area contributed by atoms with E-state index in [1.165, 1.54) is 47.1 Å². The van der Waals surface area contributed by atoms with E-state index in [1.54, 1.807) is 18.2 Å². The fraction of sp³-hybridized carbons (Fsp3) is 0.389. The number of nitrogens with two attached hydrogens (primary N) is 2. The molecular weight excluding hydrogens is 643 g/mol. The minimum absolute atomic E-state index is 0.0763. The lowest BCUT2D eigenvalue weighted by Gasteiger charge is -2.32. The van der Waals surface area contributed by atoms with Gasteiger partial charge in [-0.3, -0.25) is 0 Å². The van der Waals surface area contributed by atoms with E-state index in [0.717, 1.165) is 64.5 Å². The minimum atomic E-state index is -2.50. The van der Waals surface area contributed by atoms with Crippen molar-refractivity contribution in [2.45, 2.75) is 77.4 Å². The number of nitrogen functional groups attached to an aromatic ring is 2. The molecule has 10 heteroatoms. The number of nitrogens with zero attached hydrogens (tertiary/aromatic N) is 2. The van der Waals surface area contributed by atoms with Crippen LogP contribution in [-0.2, 0) is 35.0 Å². The van der Waals surface area contributed by atoms with Crippen molar-refractivity contribution in [2.75, 3.05) is 25.5 Å². The van der Waals surface area contributed by atoms with Crippen LogP contribution < -0.4 is 26.4 Å². The molecule has 0 spiro atoms. The lowest BCUT2D eigenvalue weighted by Crippen LogP contribution is -2.41. The summed E-state index contributed by atoms with van der Waals surface area (Å²) in [5.74, 6) is 0.164. The topological polar surface area (TPSA) is 115 Å². The van der Waals surface area contributed by atoms with Crippen molar-refractivity contribution >= 4 is 39.9 Å². The molecule has 4 aromatic rings. The maximum atomic E-state index is 7.13. The number of hydrogen-bond acceptors (Lipinski definition) is 8. The number of fused-ring (bicyclic) bond motifs is 2. The lowest BCUT2D eigenvalue weighted by atomic mass is 9.76. The third-order valence-electron chi connectivity index (χ3n) is 9.15. The second-order valence-corrected chi connectivity index (χ2v) is 13.5. The van der Waals surface area contributed by atoms with Gasteiger partial charge >= 0.3 is 7.12 Å². The molecule has 46 heavy (non-hydrogen) atoms. The summed E-state index contributed by atoms with van der Waals surface area (Å²) in [6.07, 6.45) is 9.62. The zero-order valence-electron chi connectivity index (χ0n) is 32.7. The number of methoxy groups -OCH3 is 2. The first kappa shape index (κ1) is 26.5. The van der Waals surface area contributed by atoms with Crippen LogP contribution >= 0.6 is 15.9 Å². The van der Waals surface area contributed by atoms with Crippen LogP contribution in [0.1, 0.15) is 71.0 Å². The summed E-state index contributed by atoms with van der Waals surface area (Å²) in [6, 6.07) is 14.9. The van der Waals surface area contributed by atoms with Gasteiger partial charge in [0, 0.05) is 51.4 Å². The molecule has 0 radical (unpaired) electrons. The second kappa shape index (κ2) is 14.0. The van der Waals surface area contributed by atoms with Crippen LogP contribution in [0, 0.1) is 0 Å². The smallest absolute Gasteiger partial charge is 0.481 e. The van der Waals surface area contributed by atoms with Gasteiger partial charge < -0.3 is 30.2 Å². The Bertz CT molecular complexity index is 1890. The van der Waals surface area contributed by atoms with Crippen LogP contribution in [0.25, 0.3) is 11.1 Å². The van der Waals surface area contributed by atoms with E-state index in [4.69, 9.17) is 33.7 Å². The molecule has 0 unspecified atom stereocenters. The molecule has 3 heterocycles. The van der Waals surface area contributed by atoms with Gasteiger partial charge in [0.1, 0.15) is 0 Å². The quantitative estimate of drug-likeness (QED) is 0.179. The van der Waals surface area contributed by atoms with Crippen molar-refractivity contribution in [1.29, 1.82) is 0 Å². The Kier molecular flexibility index (Phi) is 8.08. The van der Waals surface area contributed by atoms with Crippen molar-refractivity contribution in [2.24, 2.45) is 0 Å². The van der Waals surface area contributed by atoms with Gasteiger partial charge in [-0.2, -0.15) is 0 Å². The van der Waals surface area contributed by atoms with Crippen LogP contribution in [0.5, 0.6) is 11.8 Å². The van der Waals surface area contributed by atoms with Gasteiger partial charge in [-0.05, 0) is 106 Å². The Morgan fingerprint density at radius 3 is 1.93 bits per heavy atom. The Morgan fingerprint density at radius 2 is 1.33 bits per heavy atom. The molecule has 2 aliphatic carbocycles. The summed E-state index contributed by atoms with van der Waals surface area (Å²) in [5.41, 5.74) is 21.5. The van der Waals surface area contributed by atoms with Crippen molar-refractivity contribution in [3.63, 3.8) is 0 Å². The summed E-state index contributed by atoms with van der Waals surface area (Å²) >= 11 is 3.17. The molecule has 1 fully saturated rings. The number of rotatable bonds is 4. The molecule has 2 aromatic heterocycles. The van der Waals surface area contributed by atoms with Gasteiger partial charge in [0.2, 0.25) is 11.8 Å². The standard InChI is InChI=1S/C15H22BNO2.C15H16N2O.C6H6BrNO/c1-14(2)15(3,4)19-16(18-14)12-9-8-10-6-5-7-11(10)13(12)17;1-18-14-9-11(7-8-17-14)13-6-5-10-3-2-4-12(10)15(13)16;1-9-6-4-5(7)2-3-8-6/h8-9H,5-7,17H2,1-4H3;5-9H,2-4,16H2,1H3;2-4H,1H3/i;2*1D3. The molecule has 7 rings (SSSR count). The fourth-order valence-corrected chi connectivity index (χ4v) is 6.22. The molecule has 3 aliphatic rings. The summed E-state index contributed by atoms with van der Waals surface area (Å²) in [7, 11) is -5.29. The highest BCUT2D eigenvalue weighted by Crippen LogP contribution is 2.38. The molecule has 2 aromatic carbocycles. The van der Waals surface area contributed by atoms with Crippen LogP contribution in [0.15, 0.2) is 65.4 Å². The molecule has 1 saturated heterocycles. The van der Waals surface area contributed by atoms with E-state index in [9.17, 15) is 0 Å². The van der Waals surface area contributed by atoms with Crippen LogP contribution in [0.2, 0.25) is 0 Å². The maximum Gasteiger partial charge on any atom is 0.496 e. The lowest BCUT2D eigenvalue weighted by molar-refractivity contribution is 0.00578. The normalized spacial score (nSPS) is 19.3. The van der Waals surface area contributed by atoms with Crippen molar-refractivity contribution in [1.82, 2.24) is 9.97 Å². The van der Waals surface area contributed by atoms with Crippen LogP contribution in [0.4, 0.5) is 11.4 Å². The summed E-state index contributed by atoms with van der Waals surface area (Å²) in [6.45, 7) is 8.26. The van der Waals surface area contributed by atoms with Crippen molar-refractivity contribution in [3.05, 3.63) is 87.7 Å². The van der Waals surface area contributed by atoms with E-state index in [1.807, 2.05) is 6.07 Å². The molecule has 0 bridgehead atoms. The first-order valence-electron chi connectivity index (χ1n) is 18.3. The van der Waals surface area contributed by atoms with Crippen LogP contribution in [-0.4, -0.2) is 42.4 Å². The highest BCUT2D eigenvalue weighted by Gasteiger charge is 2.52. The average molecular weight is 694 g/mol. The molecule has 1 aliphatic heterocycles. The Morgan fingerprint density at radius 1 is 0.761 bits per heavy atom.